The maximum Gasteiger partial charge on any atom is 0.365 e. The quantitative estimate of drug-likeness (QED) is 0.551. The molecule has 0 N–H and O–H groups in total. The molecule has 0 saturated carbocycles. The Kier molecular flexibility index (Phi) is 2.86. The third-order valence-electron chi connectivity index (χ3n) is 2.04. The second-order valence-corrected chi connectivity index (χ2v) is 4.73. The van der Waals surface area contributed by atoms with Crippen LogP contribution < -0.4 is 0 Å². The van der Waals surface area contributed by atoms with Crippen LogP contribution in [0.15, 0.2) is 18.3 Å². The van der Waals surface area contributed by atoms with E-state index in [2.05, 4.69) is 10.2 Å². The SMILES string of the molecule is CC(C)(C)OC(=O)C=C1OC(=O)c2nnccc21. The van der Waals surface area contributed by atoms with Gasteiger partial charge in [-0.2, -0.15) is 5.10 Å². The molecule has 1 aliphatic heterocycles. The summed E-state index contributed by atoms with van der Waals surface area (Å²) >= 11 is 0. The average Bonchev–Trinajstić information content (AvgIpc) is 2.54. The first-order valence-electron chi connectivity index (χ1n) is 5.36. The minimum atomic E-state index is -0.618. The summed E-state index contributed by atoms with van der Waals surface area (Å²) in [5.74, 6) is -1.05. The number of hydrogen-bond acceptors (Lipinski definition) is 6. The second-order valence-electron chi connectivity index (χ2n) is 4.73. The van der Waals surface area contributed by atoms with Crippen LogP contribution in [-0.2, 0) is 14.3 Å². The molecule has 0 radical (unpaired) electrons. The summed E-state index contributed by atoms with van der Waals surface area (Å²) in [5, 5.41) is 7.24. The molecular weight excluding hydrogens is 236 g/mol. The lowest BCUT2D eigenvalue weighted by Crippen LogP contribution is -2.22. The van der Waals surface area contributed by atoms with Gasteiger partial charge >= 0.3 is 11.9 Å². The van der Waals surface area contributed by atoms with Gasteiger partial charge in [0.15, 0.2) is 5.69 Å². The number of rotatable bonds is 1. The number of aromatic nitrogens is 2. The molecular formula is C12H12N2O4. The molecule has 0 aliphatic carbocycles. The molecule has 6 heteroatoms. The van der Waals surface area contributed by atoms with Gasteiger partial charge in [0.25, 0.3) is 0 Å². The molecule has 0 unspecified atom stereocenters. The van der Waals surface area contributed by atoms with E-state index in [1.54, 1.807) is 26.8 Å². The van der Waals surface area contributed by atoms with Gasteiger partial charge in [-0.15, -0.1) is 5.10 Å². The predicted octanol–water partition coefficient (Wildman–Crippen LogP) is 1.33. The minimum Gasteiger partial charge on any atom is -0.457 e. The minimum absolute atomic E-state index is 0.104. The summed E-state index contributed by atoms with van der Waals surface area (Å²) in [6.07, 6.45) is 2.56. The zero-order valence-electron chi connectivity index (χ0n) is 10.3. The van der Waals surface area contributed by atoms with Gasteiger partial charge < -0.3 is 9.47 Å². The number of carbonyl (C=O) groups excluding carboxylic acids is 2. The van der Waals surface area contributed by atoms with Gasteiger partial charge in [-0.05, 0) is 26.8 Å². The molecule has 1 aliphatic rings. The molecule has 0 fully saturated rings. The van der Waals surface area contributed by atoms with Crippen molar-refractivity contribution < 1.29 is 19.1 Å². The fraction of sp³-hybridized carbons (Fsp3) is 0.333. The van der Waals surface area contributed by atoms with Crippen LogP contribution in [-0.4, -0.2) is 27.7 Å². The molecule has 94 valence electrons. The molecule has 2 heterocycles. The number of fused-ring (bicyclic) bond motifs is 1. The largest absolute Gasteiger partial charge is 0.457 e. The van der Waals surface area contributed by atoms with Crippen molar-refractivity contribution in [2.75, 3.05) is 0 Å². The highest BCUT2D eigenvalue weighted by Crippen LogP contribution is 2.27. The maximum absolute atomic E-state index is 11.6. The predicted molar refractivity (Wildman–Crippen MR) is 61.3 cm³/mol. The van der Waals surface area contributed by atoms with Gasteiger partial charge in [0.1, 0.15) is 11.4 Å². The third kappa shape index (κ3) is 2.53. The average molecular weight is 248 g/mol. The molecule has 0 saturated heterocycles. The second kappa shape index (κ2) is 4.21. The molecule has 1 aromatic rings. The molecule has 0 bridgehead atoms. The Hall–Kier alpha value is -2.24. The Morgan fingerprint density at radius 2 is 2.17 bits per heavy atom. The monoisotopic (exact) mass is 248 g/mol. The highest BCUT2D eigenvalue weighted by Gasteiger charge is 2.29. The van der Waals surface area contributed by atoms with E-state index in [-0.39, 0.29) is 11.5 Å². The number of nitrogens with zero attached hydrogens (tertiary/aromatic N) is 2. The van der Waals surface area contributed by atoms with E-state index < -0.39 is 17.5 Å². The van der Waals surface area contributed by atoms with E-state index in [4.69, 9.17) is 9.47 Å². The van der Waals surface area contributed by atoms with Crippen molar-refractivity contribution in [3.05, 3.63) is 29.6 Å². The molecule has 0 aromatic carbocycles. The zero-order chi connectivity index (χ0) is 13.3. The first-order chi connectivity index (χ1) is 8.37. The Labute approximate surface area is 104 Å². The van der Waals surface area contributed by atoms with Gasteiger partial charge in [0.2, 0.25) is 0 Å². The standard InChI is InChI=1S/C12H12N2O4/c1-12(2,3)18-9(15)6-8-7-4-5-13-14-10(7)11(16)17-8/h4-6H,1-3H3. The fourth-order valence-electron chi connectivity index (χ4n) is 1.43. The zero-order valence-corrected chi connectivity index (χ0v) is 10.3. The van der Waals surface area contributed by atoms with E-state index >= 15 is 0 Å². The molecule has 0 amide bonds. The number of carbonyl (C=O) groups is 2. The molecule has 0 atom stereocenters. The Morgan fingerprint density at radius 3 is 2.83 bits per heavy atom. The lowest BCUT2D eigenvalue weighted by Gasteiger charge is -2.18. The van der Waals surface area contributed by atoms with E-state index in [0.29, 0.717) is 5.56 Å². The van der Waals surface area contributed by atoms with Crippen molar-refractivity contribution in [1.29, 1.82) is 0 Å². The van der Waals surface area contributed by atoms with E-state index in [1.807, 2.05) is 0 Å². The third-order valence-corrected chi connectivity index (χ3v) is 2.04. The van der Waals surface area contributed by atoms with Crippen LogP contribution in [0.3, 0.4) is 0 Å². The molecule has 1 aromatic heterocycles. The summed E-state index contributed by atoms with van der Waals surface area (Å²) in [5.41, 5.74) is -0.0519. The summed E-state index contributed by atoms with van der Waals surface area (Å²) in [6, 6.07) is 1.56. The molecule has 0 spiro atoms. The van der Waals surface area contributed by atoms with E-state index in [0.717, 1.165) is 6.08 Å². The Morgan fingerprint density at radius 1 is 1.44 bits per heavy atom. The van der Waals surface area contributed by atoms with Crippen LogP contribution in [0.4, 0.5) is 0 Å². The topological polar surface area (TPSA) is 78.4 Å². The molecule has 6 nitrogen and oxygen atoms in total. The Bertz CT molecular complexity index is 543. The van der Waals surface area contributed by atoms with Crippen LogP contribution >= 0.6 is 0 Å². The molecule has 18 heavy (non-hydrogen) atoms. The van der Waals surface area contributed by atoms with Crippen LogP contribution in [0.1, 0.15) is 36.8 Å². The van der Waals surface area contributed by atoms with Crippen molar-refractivity contribution in [1.82, 2.24) is 10.2 Å². The first-order valence-corrected chi connectivity index (χ1v) is 5.36. The highest BCUT2D eigenvalue weighted by atomic mass is 16.6. The normalized spacial score (nSPS) is 16.4. The van der Waals surface area contributed by atoms with E-state index in [1.165, 1.54) is 6.20 Å². The van der Waals surface area contributed by atoms with Crippen molar-refractivity contribution in [2.24, 2.45) is 0 Å². The van der Waals surface area contributed by atoms with E-state index in [9.17, 15) is 9.59 Å². The van der Waals surface area contributed by atoms with Crippen molar-refractivity contribution >= 4 is 17.7 Å². The number of hydrogen-bond donors (Lipinski definition) is 0. The summed E-state index contributed by atoms with van der Waals surface area (Å²) in [4.78, 5) is 23.0. The first kappa shape index (κ1) is 12.2. The van der Waals surface area contributed by atoms with Gasteiger partial charge in [0.05, 0.1) is 17.8 Å². The number of cyclic esters (lactones) is 1. The van der Waals surface area contributed by atoms with Crippen molar-refractivity contribution in [3.63, 3.8) is 0 Å². The molecule has 2 rings (SSSR count). The number of ether oxygens (including phenoxy) is 2. The smallest absolute Gasteiger partial charge is 0.365 e. The summed E-state index contributed by atoms with van der Waals surface area (Å²) < 4.78 is 10.0. The van der Waals surface area contributed by atoms with Crippen LogP contribution in [0, 0.1) is 0 Å². The fourth-order valence-corrected chi connectivity index (χ4v) is 1.43. The van der Waals surface area contributed by atoms with Gasteiger partial charge in [-0.3, -0.25) is 0 Å². The van der Waals surface area contributed by atoms with Crippen molar-refractivity contribution in [3.8, 4) is 0 Å². The van der Waals surface area contributed by atoms with Gasteiger partial charge in [-0.1, -0.05) is 0 Å². The summed E-state index contributed by atoms with van der Waals surface area (Å²) in [6.45, 7) is 5.26. The van der Waals surface area contributed by atoms with Gasteiger partial charge in [-0.25, -0.2) is 9.59 Å². The maximum atomic E-state index is 11.6. The highest BCUT2D eigenvalue weighted by molar-refractivity contribution is 6.04. The lowest BCUT2D eigenvalue weighted by molar-refractivity contribution is -0.148. The number of esters is 2. The van der Waals surface area contributed by atoms with Crippen molar-refractivity contribution in [2.45, 2.75) is 26.4 Å². The van der Waals surface area contributed by atoms with Gasteiger partial charge in [0, 0.05) is 0 Å². The van der Waals surface area contributed by atoms with Crippen LogP contribution in [0.5, 0.6) is 0 Å². The Balaban J connectivity index is 2.27. The van der Waals surface area contributed by atoms with Crippen LogP contribution in [0.25, 0.3) is 5.76 Å². The summed E-state index contributed by atoms with van der Waals surface area (Å²) in [7, 11) is 0. The van der Waals surface area contributed by atoms with Crippen LogP contribution in [0.2, 0.25) is 0 Å². The lowest BCUT2D eigenvalue weighted by atomic mass is 10.2.